The van der Waals surface area contributed by atoms with Crippen LogP contribution in [0.25, 0.3) is 0 Å². The summed E-state index contributed by atoms with van der Waals surface area (Å²) in [6.45, 7) is 9.92. The number of unbranched alkanes of at least 4 members (excludes halogenated alkanes) is 1. The first-order valence-corrected chi connectivity index (χ1v) is 11.0. The highest BCUT2D eigenvalue weighted by Gasteiger charge is 2.27. The van der Waals surface area contributed by atoms with E-state index >= 15 is 0 Å². The molecule has 166 valence electrons. The number of ether oxygens (including phenoxy) is 1. The number of anilines is 1. The smallest absolute Gasteiger partial charge is 0.410 e. The maximum Gasteiger partial charge on any atom is 0.410 e. The zero-order valence-electron chi connectivity index (χ0n) is 19.0. The molecule has 2 aromatic rings. The maximum absolute atomic E-state index is 12.9. The van der Waals surface area contributed by atoms with Crippen LogP contribution in [-0.2, 0) is 24.4 Å². The summed E-state index contributed by atoms with van der Waals surface area (Å²) >= 11 is 0. The Morgan fingerprint density at radius 2 is 1.77 bits per heavy atom. The van der Waals surface area contributed by atoms with E-state index in [9.17, 15) is 9.59 Å². The number of nitrogens with zero attached hydrogens (tertiary/aromatic N) is 2. The molecule has 31 heavy (non-hydrogen) atoms. The molecule has 6 nitrogen and oxygen atoms in total. The number of para-hydroxylation sites is 1. The van der Waals surface area contributed by atoms with Crippen LogP contribution in [0.3, 0.4) is 0 Å². The van der Waals surface area contributed by atoms with Gasteiger partial charge in [-0.3, -0.25) is 9.80 Å². The number of benzene rings is 2. The van der Waals surface area contributed by atoms with Crippen molar-refractivity contribution in [2.24, 2.45) is 0 Å². The van der Waals surface area contributed by atoms with Gasteiger partial charge in [-0.2, -0.15) is 0 Å². The Bertz CT molecular complexity index is 906. The number of hydrogen-bond donors (Lipinski definition) is 1. The minimum Gasteiger partial charge on any atom is -0.444 e. The van der Waals surface area contributed by atoms with E-state index in [4.69, 9.17) is 4.74 Å². The molecule has 6 heteroatoms. The predicted octanol–water partition coefficient (Wildman–Crippen LogP) is 5.45. The van der Waals surface area contributed by atoms with Crippen molar-refractivity contribution < 1.29 is 14.3 Å². The van der Waals surface area contributed by atoms with Crippen molar-refractivity contribution in [2.75, 3.05) is 11.4 Å². The first kappa shape index (κ1) is 22.7. The number of fused-ring (bicyclic) bond motifs is 1. The lowest BCUT2D eigenvalue weighted by atomic mass is 10.1. The third kappa shape index (κ3) is 6.23. The van der Waals surface area contributed by atoms with Crippen LogP contribution in [0, 0.1) is 0 Å². The second kappa shape index (κ2) is 9.86. The quantitative estimate of drug-likeness (QED) is 0.672. The molecule has 0 saturated heterocycles. The van der Waals surface area contributed by atoms with E-state index in [2.05, 4.69) is 18.3 Å². The molecule has 0 radical (unpaired) electrons. The summed E-state index contributed by atoms with van der Waals surface area (Å²) in [5, 5.41) is 3.04. The standard InChI is InChI=1S/C25H33N3O3/c1-5-6-14-28(22-10-8-7-9-11-22)23(29)26-16-19-12-13-20-17-27(18-21(20)15-19)24(30)31-25(2,3)4/h7-13,15H,5-6,14,16-18H2,1-4H3,(H,26,29). The molecule has 0 spiro atoms. The van der Waals surface area contributed by atoms with Gasteiger partial charge in [-0.1, -0.05) is 49.7 Å². The average Bonchev–Trinajstić information content (AvgIpc) is 3.16. The molecule has 0 aliphatic carbocycles. The highest BCUT2D eigenvalue weighted by Crippen LogP contribution is 2.26. The lowest BCUT2D eigenvalue weighted by Gasteiger charge is -2.24. The van der Waals surface area contributed by atoms with Gasteiger partial charge in [0.25, 0.3) is 0 Å². The molecular formula is C25H33N3O3. The van der Waals surface area contributed by atoms with Gasteiger partial charge in [0.05, 0.1) is 0 Å². The molecule has 0 atom stereocenters. The third-order valence-corrected chi connectivity index (χ3v) is 5.14. The first-order valence-electron chi connectivity index (χ1n) is 11.0. The van der Waals surface area contributed by atoms with Crippen LogP contribution in [0.1, 0.15) is 57.2 Å². The van der Waals surface area contributed by atoms with Crippen LogP contribution >= 0.6 is 0 Å². The fourth-order valence-corrected chi connectivity index (χ4v) is 3.56. The zero-order valence-corrected chi connectivity index (χ0v) is 19.0. The van der Waals surface area contributed by atoms with E-state index in [1.165, 1.54) is 0 Å². The van der Waals surface area contributed by atoms with E-state index < -0.39 is 5.60 Å². The van der Waals surface area contributed by atoms with Gasteiger partial charge in [0.15, 0.2) is 0 Å². The number of rotatable bonds is 6. The van der Waals surface area contributed by atoms with Crippen LogP contribution in [0.15, 0.2) is 48.5 Å². The maximum atomic E-state index is 12.9. The van der Waals surface area contributed by atoms with Gasteiger partial charge in [-0.05, 0) is 56.0 Å². The van der Waals surface area contributed by atoms with Crippen molar-refractivity contribution in [1.82, 2.24) is 10.2 Å². The third-order valence-electron chi connectivity index (χ3n) is 5.14. The van der Waals surface area contributed by atoms with Crippen molar-refractivity contribution in [3.8, 4) is 0 Å². The van der Waals surface area contributed by atoms with Crippen LogP contribution in [0.2, 0.25) is 0 Å². The number of urea groups is 1. The summed E-state index contributed by atoms with van der Waals surface area (Å²) in [5.41, 5.74) is 3.62. The zero-order chi connectivity index (χ0) is 22.4. The average molecular weight is 424 g/mol. The Balaban J connectivity index is 1.61. The summed E-state index contributed by atoms with van der Waals surface area (Å²) in [6.07, 6.45) is 1.67. The molecule has 0 saturated carbocycles. The second-order valence-electron chi connectivity index (χ2n) is 8.94. The molecular weight excluding hydrogens is 390 g/mol. The van der Waals surface area contributed by atoms with Gasteiger partial charge in [0.2, 0.25) is 0 Å². The fraction of sp³-hybridized carbons (Fsp3) is 0.440. The summed E-state index contributed by atoms with van der Waals surface area (Å²) in [6, 6.07) is 15.8. The van der Waals surface area contributed by atoms with E-state index in [1.807, 2.05) is 63.2 Å². The molecule has 0 fully saturated rings. The highest BCUT2D eigenvalue weighted by molar-refractivity contribution is 5.91. The number of amides is 3. The summed E-state index contributed by atoms with van der Waals surface area (Å²) in [5.74, 6) is 0. The van der Waals surface area contributed by atoms with Crippen LogP contribution in [0.5, 0.6) is 0 Å². The Morgan fingerprint density at radius 3 is 2.45 bits per heavy atom. The Kier molecular flexibility index (Phi) is 7.21. The van der Waals surface area contributed by atoms with Crippen molar-refractivity contribution in [3.63, 3.8) is 0 Å². The minimum atomic E-state index is -0.510. The molecule has 1 aliphatic heterocycles. The molecule has 2 aromatic carbocycles. The second-order valence-corrected chi connectivity index (χ2v) is 8.94. The topological polar surface area (TPSA) is 61.9 Å². The van der Waals surface area contributed by atoms with Gasteiger partial charge < -0.3 is 10.1 Å². The van der Waals surface area contributed by atoms with Crippen molar-refractivity contribution in [1.29, 1.82) is 0 Å². The number of nitrogens with one attached hydrogen (secondary N) is 1. The molecule has 1 N–H and O–H groups in total. The summed E-state index contributed by atoms with van der Waals surface area (Å²) in [4.78, 5) is 28.7. The number of carbonyl (C=O) groups is 2. The number of hydrogen-bond acceptors (Lipinski definition) is 3. The molecule has 0 unspecified atom stereocenters. The lowest BCUT2D eigenvalue weighted by molar-refractivity contribution is 0.0242. The van der Waals surface area contributed by atoms with E-state index in [-0.39, 0.29) is 12.1 Å². The molecule has 3 rings (SSSR count). The van der Waals surface area contributed by atoms with Crippen molar-refractivity contribution in [2.45, 2.75) is 65.8 Å². The monoisotopic (exact) mass is 423 g/mol. The van der Waals surface area contributed by atoms with Gasteiger partial charge in [0, 0.05) is 31.9 Å². The fourth-order valence-electron chi connectivity index (χ4n) is 3.56. The minimum absolute atomic E-state index is 0.101. The predicted molar refractivity (Wildman–Crippen MR) is 123 cm³/mol. The van der Waals surface area contributed by atoms with Gasteiger partial charge in [-0.25, -0.2) is 9.59 Å². The molecule has 0 aromatic heterocycles. The Labute approximate surface area is 185 Å². The van der Waals surface area contributed by atoms with E-state index in [0.29, 0.717) is 26.2 Å². The van der Waals surface area contributed by atoms with E-state index in [0.717, 1.165) is 35.2 Å². The highest BCUT2D eigenvalue weighted by atomic mass is 16.6. The van der Waals surface area contributed by atoms with Crippen LogP contribution < -0.4 is 10.2 Å². The van der Waals surface area contributed by atoms with Crippen LogP contribution in [0.4, 0.5) is 15.3 Å². The first-order chi connectivity index (χ1) is 14.8. The SMILES string of the molecule is CCCCN(C(=O)NCc1ccc2c(c1)CN(C(=O)OC(C)(C)C)C2)c1ccccc1. The van der Waals surface area contributed by atoms with Gasteiger partial charge >= 0.3 is 12.1 Å². The van der Waals surface area contributed by atoms with E-state index in [1.54, 1.807) is 9.80 Å². The van der Waals surface area contributed by atoms with Crippen molar-refractivity contribution in [3.05, 3.63) is 65.2 Å². The molecule has 3 amide bonds. The summed E-state index contributed by atoms with van der Waals surface area (Å²) < 4.78 is 5.49. The Hall–Kier alpha value is -3.02. The largest absolute Gasteiger partial charge is 0.444 e. The summed E-state index contributed by atoms with van der Waals surface area (Å²) in [7, 11) is 0. The lowest BCUT2D eigenvalue weighted by Crippen LogP contribution is -2.40. The Morgan fingerprint density at radius 1 is 1.06 bits per heavy atom. The van der Waals surface area contributed by atoms with Crippen LogP contribution in [-0.4, -0.2) is 29.2 Å². The number of carbonyl (C=O) groups excluding carboxylic acids is 2. The normalized spacial score (nSPS) is 13.0. The van der Waals surface area contributed by atoms with Crippen molar-refractivity contribution >= 4 is 17.8 Å². The van der Waals surface area contributed by atoms with Gasteiger partial charge in [-0.15, -0.1) is 0 Å². The molecule has 1 heterocycles. The molecule has 0 bridgehead atoms. The van der Waals surface area contributed by atoms with Gasteiger partial charge in [0.1, 0.15) is 5.60 Å². The molecule has 1 aliphatic rings.